The van der Waals surface area contributed by atoms with Gasteiger partial charge in [0.25, 0.3) is 5.71 Å². The molecule has 3 heterocycles. The van der Waals surface area contributed by atoms with Gasteiger partial charge in [0, 0.05) is 5.56 Å². The van der Waals surface area contributed by atoms with Crippen LogP contribution in [0.25, 0.3) is 21.7 Å². The number of aromatic nitrogens is 2. The Morgan fingerprint density at radius 2 is 1.93 bits per heavy atom. The first-order valence-corrected chi connectivity index (χ1v) is 9.90. The predicted molar refractivity (Wildman–Crippen MR) is 110 cm³/mol. The second kappa shape index (κ2) is 7.60. The van der Waals surface area contributed by atoms with Gasteiger partial charge in [0.05, 0.1) is 27.2 Å². The average Bonchev–Trinajstić information content (AvgIpc) is 3.35. The molecule has 0 amide bonds. The van der Waals surface area contributed by atoms with Crippen molar-refractivity contribution in [2.24, 2.45) is 0 Å². The highest BCUT2D eigenvalue weighted by molar-refractivity contribution is 7.13. The fourth-order valence-corrected chi connectivity index (χ4v) is 3.91. The summed E-state index contributed by atoms with van der Waals surface area (Å²) in [6, 6.07) is 11.0. The number of hydrogen-bond acceptors (Lipinski definition) is 7. The van der Waals surface area contributed by atoms with Gasteiger partial charge in [-0.3, -0.25) is 4.79 Å². The van der Waals surface area contributed by atoms with Gasteiger partial charge in [0.15, 0.2) is 6.61 Å². The molecule has 0 saturated heterocycles. The van der Waals surface area contributed by atoms with E-state index in [1.54, 1.807) is 19.1 Å². The van der Waals surface area contributed by atoms with Gasteiger partial charge in [0.1, 0.15) is 0 Å². The summed E-state index contributed by atoms with van der Waals surface area (Å²) in [5.74, 6) is -0.860. The third kappa shape index (κ3) is 3.69. The number of ether oxygens (including phenoxy) is 1. The molecule has 4 rings (SSSR count). The Balaban J connectivity index is 1.62. The second-order valence-corrected chi connectivity index (χ2v) is 7.75. The van der Waals surface area contributed by atoms with Crippen LogP contribution in [-0.2, 0) is 4.74 Å². The number of aryl methyl sites for hydroxylation is 3. The topological polar surface area (TPSA) is 82.3 Å². The first-order valence-electron chi connectivity index (χ1n) is 9.02. The quantitative estimate of drug-likeness (QED) is 0.346. The van der Waals surface area contributed by atoms with E-state index in [1.165, 1.54) is 11.3 Å². The number of esters is 1. The van der Waals surface area contributed by atoms with Crippen LogP contribution < -0.4 is 0 Å². The molecule has 4 aromatic rings. The lowest BCUT2D eigenvalue weighted by atomic mass is 10.0. The van der Waals surface area contributed by atoms with Gasteiger partial charge in [-0.25, -0.2) is 9.78 Å². The maximum absolute atomic E-state index is 12.8. The molecule has 0 aliphatic heterocycles. The summed E-state index contributed by atoms with van der Waals surface area (Å²) >= 11 is 1.50. The lowest BCUT2D eigenvalue weighted by molar-refractivity contribution is 0.0476. The number of carbonyl (C=O) groups excluding carboxylic acids is 2. The maximum Gasteiger partial charge on any atom is 0.339 e. The van der Waals surface area contributed by atoms with Gasteiger partial charge in [-0.05, 0) is 43.8 Å². The van der Waals surface area contributed by atoms with Crippen LogP contribution in [0.5, 0.6) is 0 Å². The number of Topliss-reactive ketones (excluding diaryl/α,β-unsaturated/α-hetero) is 1. The highest BCUT2D eigenvalue weighted by Crippen LogP contribution is 2.29. The van der Waals surface area contributed by atoms with Crippen molar-refractivity contribution < 1.29 is 18.8 Å². The van der Waals surface area contributed by atoms with E-state index in [9.17, 15) is 9.59 Å². The Hall–Kier alpha value is -3.32. The molecule has 7 heteroatoms. The van der Waals surface area contributed by atoms with Crippen LogP contribution in [0.1, 0.15) is 37.5 Å². The van der Waals surface area contributed by atoms with Gasteiger partial charge in [-0.2, -0.15) is 0 Å². The Labute approximate surface area is 171 Å². The summed E-state index contributed by atoms with van der Waals surface area (Å²) in [6.45, 7) is 5.21. The molecule has 0 aliphatic carbocycles. The predicted octanol–water partition coefficient (Wildman–Crippen LogP) is 4.92. The summed E-state index contributed by atoms with van der Waals surface area (Å²) in [5.41, 5.74) is 4.15. The van der Waals surface area contributed by atoms with Gasteiger partial charge < -0.3 is 9.26 Å². The molecule has 0 spiro atoms. The third-order valence-electron chi connectivity index (χ3n) is 4.63. The molecular weight excluding hydrogens is 388 g/mol. The highest BCUT2D eigenvalue weighted by atomic mass is 32.1. The fraction of sp³-hybridized carbons (Fsp3) is 0.182. The van der Waals surface area contributed by atoms with Crippen molar-refractivity contribution in [2.45, 2.75) is 20.8 Å². The van der Waals surface area contributed by atoms with Crippen LogP contribution in [0.4, 0.5) is 0 Å². The highest BCUT2D eigenvalue weighted by Gasteiger charge is 2.22. The fourth-order valence-electron chi connectivity index (χ4n) is 3.22. The number of nitrogens with zero attached hydrogens (tertiary/aromatic N) is 2. The second-order valence-electron chi connectivity index (χ2n) is 6.80. The minimum Gasteiger partial charge on any atom is -0.454 e. The van der Waals surface area contributed by atoms with Crippen LogP contribution in [0.3, 0.4) is 0 Å². The maximum atomic E-state index is 12.8. The van der Waals surface area contributed by atoms with Crippen LogP contribution in [-0.4, -0.2) is 28.5 Å². The van der Waals surface area contributed by atoms with Gasteiger partial charge in [0.2, 0.25) is 5.78 Å². The van der Waals surface area contributed by atoms with E-state index in [4.69, 9.17) is 9.26 Å². The van der Waals surface area contributed by atoms with Crippen LogP contribution in [0.15, 0.2) is 46.3 Å². The first-order chi connectivity index (χ1) is 13.9. The largest absolute Gasteiger partial charge is 0.454 e. The number of rotatable bonds is 5. The molecule has 0 atom stereocenters. The van der Waals surface area contributed by atoms with Crippen molar-refractivity contribution in [3.63, 3.8) is 0 Å². The monoisotopic (exact) mass is 406 g/mol. The van der Waals surface area contributed by atoms with Gasteiger partial charge in [-0.1, -0.05) is 35.0 Å². The zero-order chi connectivity index (χ0) is 20.5. The van der Waals surface area contributed by atoms with E-state index in [1.807, 2.05) is 43.5 Å². The number of hydrogen-bond donors (Lipinski definition) is 0. The van der Waals surface area contributed by atoms with E-state index in [0.29, 0.717) is 22.3 Å². The van der Waals surface area contributed by atoms with Crippen LogP contribution in [0.2, 0.25) is 0 Å². The molecule has 29 heavy (non-hydrogen) atoms. The van der Waals surface area contributed by atoms with Crippen molar-refractivity contribution in [3.05, 3.63) is 69.7 Å². The molecule has 0 N–H and O–H groups in total. The molecule has 146 valence electrons. The van der Waals surface area contributed by atoms with Crippen molar-refractivity contribution >= 4 is 34.2 Å². The number of pyridine rings is 1. The number of thiophene rings is 1. The smallest absolute Gasteiger partial charge is 0.339 e. The zero-order valence-corrected chi connectivity index (χ0v) is 17.0. The molecular formula is C22H18N2O4S. The minimum absolute atomic E-state index is 0.248. The minimum atomic E-state index is -0.611. The van der Waals surface area contributed by atoms with Crippen molar-refractivity contribution in [1.29, 1.82) is 0 Å². The average molecular weight is 406 g/mol. The zero-order valence-electron chi connectivity index (χ0n) is 16.2. The van der Waals surface area contributed by atoms with E-state index in [-0.39, 0.29) is 23.7 Å². The van der Waals surface area contributed by atoms with Crippen molar-refractivity contribution in [1.82, 2.24) is 10.1 Å². The summed E-state index contributed by atoms with van der Waals surface area (Å²) in [6.07, 6.45) is 0. The normalized spacial score (nSPS) is 11.0. The number of benzene rings is 1. The molecule has 1 aromatic carbocycles. The Bertz CT molecular complexity index is 1230. The molecule has 0 aliphatic rings. The van der Waals surface area contributed by atoms with E-state index in [2.05, 4.69) is 10.1 Å². The Morgan fingerprint density at radius 1 is 1.10 bits per heavy atom. The van der Waals surface area contributed by atoms with E-state index in [0.717, 1.165) is 16.0 Å². The Kier molecular flexibility index (Phi) is 4.98. The molecule has 0 radical (unpaired) electrons. The van der Waals surface area contributed by atoms with E-state index < -0.39 is 5.97 Å². The number of carbonyl (C=O) groups is 2. The number of fused-ring (bicyclic) bond motifs is 1. The van der Waals surface area contributed by atoms with Crippen molar-refractivity contribution in [3.8, 4) is 10.6 Å². The summed E-state index contributed by atoms with van der Waals surface area (Å²) in [4.78, 5) is 30.7. The molecule has 6 nitrogen and oxygen atoms in total. The van der Waals surface area contributed by atoms with Gasteiger partial charge >= 0.3 is 5.97 Å². The Morgan fingerprint density at radius 3 is 2.66 bits per heavy atom. The van der Waals surface area contributed by atoms with E-state index >= 15 is 0 Å². The SMILES string of the molecule is Cc1ccc(C(=O)COC(=O)c2cc(-c3cccs3)nc3onc(C)c23)c(C)c1. The summed E-state index contributed by atoms with van der Waals surface area (Å²) in [5, 5.41) is 6.33. The molecule has 0 fully saturated rings. The molecule has 0 unspecified atom stereocenters. The van der Waals surface area contributed by atoms with Crippen molar-refractivity contribution in [2.75, 3.05) is 6.61 Å². The summed E-state index contributed by atoms with van der Waals surface area (Å²) in [7, 11) is 0. The molecule has 0 bridgehead atoms. The first kappa shape index (κ1) is 19.0. The lowest BCUT2D eigenvalue weighted by Gasteiger charge is -2.08. The lowest BCUT2D eigenvalue weighted by Crippen LogP contribution is -2.15. The standard InChI is InChI=1S/C22H18N2O4S/c1-12-6-7-15(13(2)9-12)18(25)11-27-22(26)16-10-17(19-5-4-8-29-19)23-21-20(16)14(3)24-28-21/h4-10H,11H2,1-3H3. The van der Waals surface area contributed by atoms with Crippen LogP contribution >= 0.6 is 11.3 Å². The van der Waals surface area contributed by atoms with Gasteiger partial charge in [-0.15, -0.1) is 11.3 Å². The van der Waals surface area contributed by atoms with Crippen LogP contribution in [0, 0.1) is 20.8 Å². The molecule has 3 aromatic heterocycles. The summed E-state index contributed by atoms with van der Waals surface area (Å²) < 4.78 is 10.6. The third-order valence-corrected chi connectivity index (χ3v) is 5.52. The number of ketones is 1. The molecule has 0 saturated carbocycles.